The van der Waals surface area contributed by atoms with Crippen LogP contribution in [0, 0.1) is 0 Å². The van der Waals surface area contributed by atoms with Crippen molar-refractivity contribution in [3.8, 4) is 0 Å². The number of aliphatic hydroxyl groups is 1. The van der Waals surface area contributed by atoms with Gasteiger partial charge in [-0.1, -0.05) is 0 Å². The van der Waals surface area contributed by atoms with Gasteiger partial charge in [0.25, 0.3) is 0 Å². The largest absolute Gasteiger partial charge is 0.516 e. The fourth-order valence-electron chi connectivity index (χ4n) is 0.475. The molecule has 1 aromatic heterocycles. The van der Waals surface area contributed by atoms with E-state index in [0.29, 0.717) is 4.73 Å². The lowest BCUT2D eigenvalue weighted by molar-refractivity contribution is 0.478. The van der Waals surface area contributed by atoms with E-state index >= 15 is 0 Å². The van der Waals surface area contributed by atoms with Gasteiger partial charge in [-0.15, -0.1) is 0 Å². The molecule has 0 aromatic carbocycles. The summed E-state index contributed by atoms with van der Waals surface area (Å²) in [4.78, 5) is 6.67. The maximum atomic E-state index is 8.29. The predicted molar refractivity (Wildman–Crippen MR) is 38.0 cm³/mol. The number of imidazole rings is 1. The van der Waals surface area contributed by atoms with Gasteiger partial charge in [0.1, 0.15) is 0 Å². The molecule has 0 fully saturated rings. The van der Waals surface area contributed by atoms with Crippen LogP contribution in [0.15, 0.2) is 17.2 Å². The summed E-state index contributed by atoms with van der Waals surface area (Å²) in [5.41, 5.74) is 0.768. The first-order valence-corrected chi connectivity index (χ1v) is 3.13. The molecule has 0 radical (unpaired) electrons. The fourth-order valence-corrected chi connectivity index (χ4v) is 0.806. The van der Waals surface area contributed by atoms with E-state index in [1.165, 1.54) is 6.08 Å². The molecule has 0 aliphatic heterocycles. The molecule has 3 nitrogen and oxygen atoms in total. The van der Waals surface area contributed by atoms with Gasteiger partial charge in [0.05, 0.1) is 18.2 Å². The highest BCUT2D eigenvalue weighted by Crippen LogP contribution is 2.04. The smallest absolute Gasteiger partial charge is 0.174 e. The molecule has 0 bridgehead atoms. The third-order valence-corrected chi connectivity index (χ3v) is 1.22. The highest BCUT2D eigenvalue weighted by Gasteiger charge is 1.89. The third kappa shape index (κ3) is 1.57. The Balaban J connectivity index is 2.85. The van der Waals surface area contributed by atoms with E-state index in [-0.39, 0.29) is 0 Å². The molecule has 2 N–H and O–H groups in total. The number of aliphatic hydroxyl groups excluding tert-OH is 1. The minimum Gasteiger partial charge on any atom is -0.516 e. The number of aromatic nitrogens is 2. The van der Waals surface area contributed by atoms with Crippen molar-refractivity contribution in [1.29, 1.82) is 0 Å². The van der Waals surface area contributed by atoms with Crippen molar-refractivity contribution in [2.45, 2.75) is 0 Å². The Morgan fingerprint density at radius 1 is 1.78 bits per heavy atom. The number of H-pyrrole nitrogens is 1. The molecule has 0 saturated heterocycles. The van der Waals surface area contributed by atoms with Crippen molar-refractivity contribution in [3.63, 3.8) is 0 Å². The van der Waals surface area contributed by atoms with Crippen molar-refractivity contribution in [2.75, 3.05) is 0 Å². The van der Waals surface area contributed by atoms with Crippen molar-refractivity contribution in [3.05, 3.63) is 22.9 Å². The molecule has 0 aliphatic rings. The van der Waals surface area contributed by atoms with E-state index < -0.39 is 0 Å². The average molecular weight is 189 g/mol. The molecule has 0 unspecified atom stereocenters. The van der Waals surface area contributed by atoms with Crippen LogP contribution in [0.25, 0.3) is 6.08 Å². The second-order valence-corrected chi connectivity index (χ2v) is 2.20. The van der Waals surface area contributed by atoms with E-state index in [9.17, 15) is 0 Å². The molecular formula is C5H5BrN2O. The average Bonchev–Trinajstić information content (AvgIpc) is 2.17. The Hall–Kier alpha value is -0.770. The highest BCUT2D eigenvalue weighted by atomic mass is 79.9. The van der Waals surface area contributed by atoms with E-state index in [0.717, 1.165) is 12.0 Å². The number of rotatable bonds is 1. The highest BCUT2D eigenvalue weighted by molar-refractivity contribution is 9.10. The molecule has 0 atom stereocenters. The fraction of sp³-hybridized carbons (Fsp3) is 0. The van der Waals surface area contributed by atoms with Crippen molar-refractivity contribution in [2.24, 2.45) is 0 Å². The molecule has 9 heavy (non-hydrogen) atoms. The van der Waals surface area contributed by atoms with Crippen LogP contribution in [0.5, 0.6) is 0 Å². The quantitative estimate of drug-likeness (QED) is 0.660. The molecule has 0 spiro atoms. The number of halogens is 1. The standard InChI is InChI=1S/C5H5BrN2O/c6-5-7-3-4(8-5)1-2-9/h1-3,9H,(H,7,8)/b2-1+. The van der Waals surface area contributed by atoms with Crippen LogP contribution in [-0.4, -0.2) is 15.1 Å². The Bertz CT molecular complexity index is 218. The Labute approximate surface area is 60.6 Å². The van der Waals surface area contributed by atoms with E-state index in [4.69, 9.17) is 5.11 Å². The van der Waals surface area contributed by atoms with Gasteiger partial charge in [0, 0.05) is 0 Å². The van der Waals surface area contributed by atoms with Gasteiger partial charge in [0.15, 0.2) is 4.73 Å². The SMILES string of the molecule is O/C=C/c1cnc(Br)[nH]1. The van der Waals surface area contributed by atoms with Crippen molar-refractivity contribution < 1.29 is 5.11 Å². The first kappa shape index (κ1) is 6.35. The first-order valence-electron chi connectivity index (χ1n) is 2.34. The van der Waals surface area contributed by atoms with E-state index in [1.54, 1.807) is 6.20 Å². The normalized spacial score (nSPS) is 10.8. The first-order chi connectivity index (χ1) is 4.33. The number of hydrogen-bond acceptors (Lipinski definition) is 2. The summed E-state index contributed by atoms with van der Waals surface area (Å²) in [5.74, 6) is 0. The molecule has 1 heterocycles. The van der Waals surface area contributed by atoms with Crippen LogP contribution in [-0.2, 0) is 0 Å². The summed E-state index contributed by atoms with van der Waals surface area (Å²) in [7, 11) is 0. The zero-order valence-electron chi connectivity index (χ0n) is 4.50. The summed E-state index contributed by atoms with van der Waals surface area (Å²) in [6.07, 6.45) is 4.08. The molecule has 1 aromatic rings. The summed E-state index contributed by atoms with van der Waals surface area (Å²) < 4.78 is 0.663. The lowest BCUT2D eigenvalue weighted by atomic mass is 10.5. The van der Waals surface area contributed by atoms with Gasteiger partial charge < -0.3 is 10.1 Å². The summed E-state index contributed by atoms with van der Waals surface area (Å²) in [6, 6.07) is 0. The third-order valence-electron chi connectivity index (χ3n) is 0.819. The molecule has 4 heteroatoms. The lowest BCUT2D eigenvalue weighted by Gasteiger charge is -1.77. The topological polar surface area (TPSA) is 48.9 Å². The second kappa shape index (κ2) is 2.68. The monoisotopic (exact) mass is 188 g/mol. The summed E-state index contributed by atoms with van der Waals surface area (Å²) in [5, 5.41) is 8.29. The van der Waals surface area contributed by atoms with Crippen LogP contribution in [0.1, 0.15) is 5.69 Å². The maximum absolute atomic E-state index is 8.29. The molecule has 1 rings (SSSR count). The number of aromatic amines is 1. The van der Waals surface area contributed by atoms with Gasteiger partial charge in [-0.3, -0.25) is 0 Å². The van der Waals surface area contributed by atoms with Crippen LogP contribution >= 0.6 is 15.9 Å². The molecule has 0 saturated carbocycles. The minimum atomic E-state index is 0.663. The number of nitrogens with zero attached hydrogens (tertiary/aromatic N) is 1. The van der Waals surface area contributed by atoms with Gasteiger partial charge in [-0.2, -0.15) is 0 Å². The van der Waals surface area contributed by atoms with Crippen LogP contribution in [0.4, 0.5) is 0 Å². The van der Waals surface area contributed by atoms with E-state index in [2.05, 4.69) is 25.9 Å². The van der Waals surface area contributed by atoms with Crippen molar-refractivity contribution in [1.82, 2.24) is 9.97 Å². The van der Waals surface area contributed by atoms with Crippen LogP contribution in [0.3, 0.4) is 0 Å². The zero-order chi connectivity index (χ0) is 6.69. The molecule has 48 valence electrons. The molecule has 0 amide bonds. The van der Waals surface area contributed by atoms with Crippen LogP contribution < -0.4 is 0 Å². The van der Waals surface area contributed by atoms with Gasteiger partial charge in [-0.25, -0.2) is 4.98 Å². The molecular weight excluding hydrogens is 184 g/mol. The van der Waals surface area contributed by atoms with E-state index in [1.807, 2.05) is 0 Å². The zero-order valence-corrected chi connectivity index (χ0v) is 6.09. The second-order valence-electron chi connectivity index (χ2n) is 1.45. The van der Waals surface area contributed by atoms with Gasteiger partial charge in [-0.05, 0) is 22.0 Å². The summed E-state index contributed by atoms with van der Waals surface area (Å²) in [6.45, 7) is 0. The Morgan fingerprint density at radius 3 is 3.00 bits per heavy atom. The number of hydrogen-bond donors (Lipinski definition) is 2. The van der Waals surface area contributed by atoms with Gasteiger partial charge in [0.2, 0.25) is 0 Å². The summed E-state index contributed by atoms with van der Waals surface area (Å²) >= 11 is 3.12. The molecule has 0 aliphatic carbocycles. The van der Waals surface area contributed by atoms with Crippen LogP contribution in [0.2, 0.25) is 0 Å². The lowest BCUT2D eigenvalue weighted by Crippen LogP contribution is -1.67. The Kier molecular flexibility index (Phi) is 1.89. The predicted octanol–water partition coefficient (Wildman–Crippen LogP) is 1.70. The Morgan fingerprint density at radius 2 is 2.56 bits per heavy atom. The number of nitrogens with one attached hydrogen (secondary N) is 1. The van der Waals surface area contributed by atoms with Gasteiger partial charge >= 0.3 is 0 Å². The maximum Gasteiger partial charge on any atom is 0.174 e. The minimum absolute atomic E-state index is 0.663. The van der Waals surface area contributed by atoms with Crippen molar-refractivity contribution >= 4 is 22.0 Å².